The Morgan fingerprint density at radius 2 is 1.79 bits per heavy atom. The van der Waals surface area contributed by atoms with Crippen LogP contribution in [0.2, 0.25) is 5.02 Å². The van der Waals surface area contributed by atoms with Crippen molar-refractivity contribution in [2.45, 2.75) is 33.4 Å². The molecule has 0 spiro atoms. The van der Waals surface area contributed by atoms with E-state index in [4.69, 9.17) is 21.1 Å². The Morgan fingerprint density at radius 3 is 2.58 bits per heavy atom. The second-order valence-electron chi connectivity index (χ2n) is 10.3. The van der Waals surface area contributed by atoms with Crippen LogP contribution in [0, 0.1) is 6.92 Å². The number of ether oxygens (including phenoxy) is 2. The highest BCUT2D eigenvalue weighted by Crippen LogP contribution is 2.31. The lowest BCUT2D eigenvalue weighted by Crippen LogP contribution is -2.39. The third-order valence-electron chi connectivity index (χ3n) is 7.43. The molecule has 43 heavy (non-hydrogen) atoms. The van der Waals surface area contributed by atoms with E-state index in [0.717, 1.165) is 27.5 Å². The smallest absolute Gasteiger partial charge is 0.338 e. The molecule has 5 aromatic rings. The van der Waals surface area contributed by atoms with Crippen molar-refractivity contribution < 1.29 is 14.3 Å². The molecule has 0 radical (unpaired) electrons. The van der Waals surface area contributed by atoms with E-state index in [1.165, 1.54) is 11.3 Å². The van der Waals surface area contributed by atoms with E-state index in [9.17, 15) is 9.59 Å². The molecule has 2 heterocycles. The summed E-state index contributed by atoms with van der Waals surface area (Å²) < 4.78 is 13.7. The van der Waals surface area contributed by atoms with Crippen molar-refractivity contribution in [2.24, 2.45) is 4.99 Å². The molecule has 0 N–H and O–H groups in total. The highest BCUT2D eigenvalue weighted by Gasteiger charge is 2.33. The Bertz CT molecular complexity index is 2070. The lowest BCUT2D eigenvalue weighted by Gasteiger charge is -2.24. The van der Waals surface area contributed by atoms with Gasteiger partial charge in [-0.1, -0.05) is 95.2 Å². The van der Waals surface area contributed by atoms with Gasteiger partial charge in [0.2, 0.25) is 0 Å². The van der Waals surface area contributed by atoms with Gasteiger partial charge in [-0.25, -0.2) is 9.79 Å². The Labute approximate surface area is 257 Å². The van der Waals surface area contributed by atoms with E-state index in [1.54, 1.807) is 36.6 Å². The molecule has 216 valence electrons. The van der Waals surface area contributed by atoms with Crippen molar-refractivity contribution >= 4 is 45.8 Å². The Balaban J connectivity index is 1.44. The van der Waals surface area contributed by atoms with Crippen LogP contribution in [0.4, 0.5) is 0 Å². The van der Waals surface area contributed by atoms with Gasteiger partial charge in [-0.2, -0.15) is 0 Å². The first-order chi connectivity index (χ1) is 20.8. The van der Waals surface area contributed by atoms with Crippen molar-refractivity contribution in [2.75, 3.05) is 6.61 Å². The topological polar surface area (TPSA) is 69.9 Å². The van der Waals surface area contributed by atoms with E-state index in [2.05, 4.69) is 23.2 Å². The zero-order valence-corrected chi connectivity index (χ0v) is 25.5. The lowest BCUT2D eigenvalue weighted by molar-refractivity contribution is -0.139. The summed E-state index contributed by atoms with van der Waals surface area (Å²) in [5.74, 6) is 0.115. The van der Waals surface area contributed by atoms with Crippen molar-refractivity contribution in [3.63, 3.8) is 0 Å². The largest absolute Gasteiger partial charge is 0.488 e. The molecule has 0 unspecified atom stereocenters. The van der Waals surface area contributed by atoms with Gasteiger partial charge >= 0.3 is 5.97 Å². The number of nitrogens with zero attached hydrogens (tertiary/aromatic N) is 2. The fourth-order valence-electron chi connectivity index (χ4n) is 5.33. The molecule has 6 rings (SSSR count). The minimum absolute atomic E-state index is 0.219. The Kier molecular flexibility index (Phi) is 8.02. The lowest BCUT2D eigenvalue weighted by atomic mass is 9.95. The SMILES string of the molecule is CCOC(=O)C1=C(C)N=c2s/c(=C\c3cc(Cl)ccc3OCc3cccc4ccccc34)c(=O)n2[C@H]1c1ccc(C)cc1. The van der Waals surface area contributed by atoms with Crippen LogP contribution in [0.1, 0.15) is 42.1 Å². The van der Waals surface area contributed by atoms with Gasteiger partial charge in [-0.15, -0.1) is 0 Å². The van der Waals surface area contributed by atoms with Crippen LogP contribution in [-0.2, 0) is 16.1 Å². The van der Waals surface area contributed by atoms with Crippen LogP contribution in [-0.4, -0.2) is 17.1 Å². The van der Waals surface area contributed by atoms with Crippen molar-refractivity contribution in [3.8, 4) is 5.75 Å². The number of halogens is 1. The number of hydrogen-bond acceptors (Lipinski definition) is 6. The summed E-state index contributed by atoms with van der Waals surface area (Å²) in [5, 5.41) is 2.79. The van der Waals surface area contributed by atoms with Gasteiger partial charge in [0.15, 0.2) is 4.80 Å². The summed E-state index contributed by atoms with van der Waals surface area (Å²) in [6, 6.07) is 26.8. The zero-order valence-electron chi connectivity index (χ0n) is 24.0. The van der Waals surface area contributed by atoms with Gasteiger partial charge < -0.3 is 9.47 Å². The van der Waals surface area contributed by atoms with Crippen LogP contribution in [0.15, 0.2) is 106 Å². The number of allylic oxidation sites excluding steroid dienone is 1. The number of thiazole rings is 1. The quantitative estimate of drug-likeness (QED) is 0.198. The second-order valence-corrected chi connectivity index (χ2v) is 11.8. The van der Waals surface area contributed by atoms with E-state index in [1.807, 2.05) is 61.5 Å². The van der Waals surface area contributed by atoms with Gasteiger partial charge in [-0.05, 0) is 66.9 Å². The van der Waals surface area contributed by atoms with Crippen LogP contribution in [0.25, 0.3) is 16.8 Å². The number of benzene rings is 4. The van der Waals surface area contributed by atoms with E-state index < -0.39 is 12.0 Å². The molecule has 6 nitrogen and oxygen atoms in total. The summed E-state index contributed by atoms with van der Waals surface area (Å²) in [4.78, 5) is 32.4. The molecule has 1 aromatic heterocycles. The molecule has 1 aliphatic rings. The summed E-state index contributed by atoms with van der Waals surface area (Å²) in [6.07, 6.45) is 1.78. The maximum Gasteiger partial charge on any atom is 0.338 e. The van der Waals surface area contributed by atoms with Crippen LogP contribution >= 0.6 is 22.9 Å². The number of aryl methyl sites for hydroxylation is 1. The minimum atomic E-state index is -0.667. The first-order valence-electron chi connectivity index (χ1n) is 14.0. The molecular weight excluding hydrogens is 580 g/mol. The maximum atomic E-state index is 14.1. The number of rotatable bonds is 7. The standard InChI is InChI=1S/C35H29ClN2O4S/c1-4-41-34(40)31-22(3)37-35-38(32(31)24-14-12-21(2)13-15-24)33(39)30(43-35)19-26-18-27(36)16-17-29(26)42-20-25-10-7-9-23-8-5-6-11-28(23)25/h5-19,32H,4,20H2,1-3H3/b30-19-/t32-/m0/s1. The molecule has 0 saturated carbocycles. The molecule has 1 aliphatic heterocycles. The molecule has 4 aromatic carbocycles. The normalized spacial score (nSPS) is 14.9. The third-order valence-corrected chi connectivity index (χ3v) is 8.65. The molecule has 0 saturated heterocycles. The average Bonchev–Trinajstić information content (AvgIpc) is 3.30. The van der Waals surface area contributed by atoms with Gasteiger partial charge in [0, 0.05) is 10.6 Å². The molecule has 8 heteroatoms. The van der Waals surface area contributed by atoms with Crippen LogP contribution in [0.3, 0.4) is 0 Å². The zero-order chi connectivity index (χ0) is 30.1. The maximum absolute atomic E-state index is 14.1. The van der Waals surface area contributed by atoms with Gasteiger partial charge in [0.1, 0.15) is 12.4 Å². The fourth-order valence-corrected chi connectivity index (χ4v) is 6.55. The van der Waals surface area contributed by atoms with Crippen LogP contribution in [0.5, 0.6) is 5.75 Å². The molecule has 0 bridgehead atoms. The first kappa shape index (κ1) is 28.6. The number of carbonyl (C=O) groups is 1. The fraction of sp³-hybridized carbons (Fsp3) is 0.171. The predicted octanol–water partition coefficient (Wildman–Crippen LogP) is 6.49. The molecule has 0 amide bonds. The monoisotopic (exact) mass is 608 g/mol. The first-order valence-corrected chi connectivity index (χ1v) is 15.2. The Hall–Kier alpha value is -4.46. The number of carbonyl (C=O) groups excluding carboxylic acids is 1. The highest BCUT2D eigenvalue weighted by molar-refractivity contribution is 7.07. The molecule has 0 aliphatic carbocycles. The van der Waals surface area contributed by atoms with Gasteiger partial charge in [0.25, 0.3) is 5.56 Å². The van der Waals surface area contributed by atoms with Gasteiger partial charge in [-0.3, -0.25) is 9.36 Å². The number of hydrogen-bond donors (Lipinski definition) is 0. The van der Waals surface area contributed by atoms with Crippen molar-refractivity contribution in [3.05, 3.63) is 143 Å². The predicted molar refractivity (Wildman–Crippen MR) is 171 cm³/mol. The van der Waals surface area contributed by atoms with Gasteiger partial charge in [0.05, 0.1) is 28.5 Å². The van der Waals surface area contributed by atoms with Crippen molar-refractivity contribution in [1.29, 1.82) is 0 Å². The summed E-state index contributed by atoms with van der Waals surface area (Å²) >= 11 is 7.67. The second kappa shape index (κ2) is 12.0. The van der Waals surface area contributed by atoms with Crippen molar-refractivity contribution in [1.82, 2.24) is 4.57 Å². The number of aromatic nitrogens is 1. The minimum Gasteiger partial charge on any atom is -0.488 e. The highest BCUT2D eigenvalue weighted by atomic mass is 35.5. The molecular formula is C35H29ClN2O4S. The van der Waals surface area contributed by atoms with E-state index >= 15 is 0 Å². The summed E-state index contributed by atoms with van der Waals surface area (Å²) in [7, 11) is 0. The molecule has 1 atom stereocenters. The van der Waals surface area contributed by atoms with Crippen LogP contribution < -0.4 is 19.6 Å². The Morgan fingerprint density at radius 1 is 1.02 bits per heavy atom. The van der Waals surface area contributed by atoms with E-state index in [-0.39, 0.29) is 12.2 Å². The number of esters is 1. The molecule has 0 fully saturated rings. The summed E-state index contributed by atoms with van der Waals surface area (Å²) in [6.45, 7) is 6.10. The summed E-state index contributed by atoms with van der Waals surface area (Å²) in [5.41, 5.74) is 4.22. The number of fused-ring (bicyclic) bond motifs is 2. The average molecular weight is 609 g/mol. The van der Waals surface area contributed by atoms with E-state index in [0.29, 0.717) is 43.5 Å². The third kappa shape index (κ3) is 5.66.